The molecule has 1 amide bonds. The van der Waals surface area contributed by atoms with Gasteiger partial charge in [0.25, 0.3) is 5.91 Å². The highest BCUT2D eigenvalue weighted by molar-refractivity contribution is 9.10. The van der Waals surface area contributed by atoms with Gasteiger partial charge in [-0.2, -0.15) is 0 Å². The number of alkyl halides is 1. The van der Waals surface area contributed by atoms with E-state index in [0.717, 1.165) is 27.4 Å². The highest BCUT2D eigenvalue weighted by Gasteiger charge is 2.13. The van der Waals surface area contributed by atoms with Crippen LogP contribution in [-0.4, -0.2) is 17.3 Å². The summed E-state index contributed by atoms with van der Waals surface area (Å²) in [7, 11) is 0. The quantitative estimate of drug-likeness (QED) is 0.826. The molecule has 0 radical (unpaired) electrons. The number of amides is 1. The van der Waals surface area contributed by atoms with Gasteiger partial charge in [0, 0.05) is 21.4 Å². The van der Waals surface area contributed by atoms with Crippen molar-refractivity contribution in [2.75, 3.05) is 5.33 Å². The Labute approximate surface area is 113 Å². The summed E-state index contributed by atoms with van der Waals surface area (Å²) < 4.78 is 0.926. The smallest absolute Gasteiger partial charge is 0.251 e. The van der Waals surface area contributed by atoms with Gasteiger partial charge in [0.2, 0.25) is 0 Å². The van der Waals surface area contributed by atoms with E-state index in [1.807, 2.05) is 25.1 Å². The zero-order valence-corrected chi connectivity index (χ0v) is 12.6. The van der Waals surface area contributed by atoms with E-state index in [1.54, 1.807) is 0 Å². The van der Waals surface area contributed by atoms with E-state index in [4.69, 9.17) is 0 Å². The van der Waals surface area contributed by atoms with E-state index in [1.165, 1.54) is 0 Å². The van der Waals surface area contributed by atoms with Gasteiger partial charge in [0.15, 0.2) is 0 Å². The monoisotopic (exact) mass is 347 g/mol. The summed E-state index contributed by atoms with van der Waals surface area (Å²) in [5.74, 6) is -0.00917. The van der Waals surface area contributed by atoms with Gasteiger partial charge in [-0.15, -0.1) is 0 Å². The van der Waals surface area contributed by atoms with Crippen molar-refractivity contribution in [3.63, 3.8) is 0 Å². The first-order chi connectivity index (χ1) is 7.58. The highest BCUT2D eigenvalue weighted by atomic mass is 79.9. The average molecular weight is 349 g/mol. The van der Waals surface area contributed by atoms with Crippen molar-refractivity contribution in [2.24, 2.45) is 0 Å². The first kappa shape index (κ1) is 13.7. The topological polar surface area (TPSA) is 29.1 Å². The molecule has 0 bridgehead atoms. The summed E-state index contributed by atoms with van der Waals surface area (Å²) in [4.78, 5) is 12.0. The fraction of sp³-hybridized carbons (Fsp3) is 0.417. The lowest BCUT2D eigenvalue weighted by atomic mass is 10.1. The van der Waals surface area contributed by atoms with Crippen LogP contribution in [0.4, 0.5) is 0 Å². The average Bonchev–Trinajstić information content (AvgIpc) is 2.28. The number of aryl methyl sites for hydroxylation is 1. The molecule has 0 aromatic heterocycles. The molecule has 88 valence electrons. The minimum atomic E-state index is -0.00917. The third-order valence-corrected chi connectivity index (χ3v) is 3.73. The summed E-state index contributed by atoms with van der Waals surface area (Å²) in [6, 6.07) is 5.92. The molecule has 1 atom stereocenters. The SMILES string of the molecule is CCC(CBr)NC(=O)c1cc(Br)ccc1C. The first-order valence-corrected chi connectivity index (χ1v) is 7.13. The first-order valence-electron chi connectivity index (χ1n) is 5.21. The van der Waals surface area contributed by atoms with Crippen molar-refractivity contribution in [1.29, 1.82) is 0 Å². The van der Waals surface area contributed by atoms with Gasteiger partial charge in [0.05, 0.1) is 0 Å². The van der Waals surface area contributed by atoms with Crippen LogP contribution in [0.1, 0.15) is 29.3 Å². The molecule has 0 aliphatic heterocycles. The van der Waals surface area contributed by atoms with Crippen LogP contribution in [0.2, 0.25) is 0 Å². The molecule has 4 heteroatoms. The van der Waals surface area contributed by atoms with E-state index in [9.17, 15) is 4.79 Å². The zero-order chi connectivity index (χ0) is 12.1. The Bertz CT molecular complexity index is 375. The molecule has 1 rings (SSSR count). The Morgan fingerprint density at radius 2 is 2.19 bits per heavy atom. The molecule has 1 aromatic rings. The second-order valence-electron chi connectivity index (χ2n) is 3.69. The number of hydrogen-bond acceptors (Lipinski definition) is 1. The number of benzene rings is 1. The zero-order valence-electron chi connectivity index (χ0n) is 9.39. The predicted octanol–water partition coefficient (Wildman–Crippen LogP) is 3.66. The largest absolute Gasteiger partial charge is 0.348 e. The van der Waals surface area contributed by atoms with E-state index in [-0.39, 0.29) is 11.9 Å². The summed E-state index contributed by atoms with van der Waals surface area (Å²) in [5, 5.41) is 3.77. The lowest BCUT2D eigenvalue weighted by Crippen LogP contribution is -2.35. The van der Waals surface area contributed by atoms with E-state index >= 15 is 0 Å². The maximum atomic E-state index is 12.0. The predicted molar refractivity (Wildman–Crippen MR) is 74.2 cm³/mol. The van der Waals surface area contributed by atoms with Crippen LogP contribution in [0.25, 0.3) is 0 Å². The second kappa shape index (κ2) is 6.40. The normalized spacial score (nSPS) is 12.2. The van der Waals surface area contributed by atoms with Crippen LogP contribution >= 0.6 is 31.9 Å². The fourth-order valence-corrected chi connectivity index (χ4v) is 2.33. The number of carbonyl (C=O) groups excluding carboxylic acids is 1. The maximum Gasteiger partial charge on any atom is 0.251 e. The van der Waals surface area contributed by atoms with Crippen molar-refractivity contribution in [1.82, 2.24) is 5.32 Å². The molecule has 16 heavy (non-hydrogen) atoms. The molecule has 0 saturated heterocycles. The number of hydrogen-bond donors (Lipinski definition) is 1. The van der Waals surface area contributed by atoms with Crippen molar-refractivity contribution in [3.05, 3.63) is 33.8 Å². The molecule has 0 heterocycles. The van der Waals surface area contributed by atoms with Crippen molar-refractivity contribution in [3.8, 4) is 0 Å². The molecule has 1 aromatic carbocycles. The summed E-state index contributed by atoms with van der Waals surface area (Å²) in [6.07, 6.45) is 0.921. The van der Waals surface area contributed by atoms with Gasteiger partial charge in [0.1, 0.15) is 0 Å². The van der Waals surface area contributed by atoms with Crippen molar-refractivity contribution < 1.29 is 4.79 Å². The van der Waals surface area contributed by atoms with Gasteiger partial charge >= 0.3 is 0 Å². The molecule has 0 saturated carbocycles. The van der Waals surface area contributed by atoms with Gasteiger partial charge in [-0.3, -0.25) is 4.79 Å². The Balaban J connectivity index is 2.83. The van der Waals surface area contributed by atoms with Crippen LogP contribution in [0.3, 0.4) is 0 Å². The van der Waals surface area contributed by atoms with Crippen molar-refractivity contribution in [2.45, 2.75) is 26.3 Å². The van der Waals surface area contributed by atoms with Crippen molar-refractivity contribution >= 4 is 37.8 Å². The number of nitrogens with one attached hydrogen (secondary N) is 1. The molecule has 2 nitrogen and oxygen atoms in total. The van der Waals surface area contributed by atoms with E-state index in [2.05, 4.69) is 44.1 Å². The molecule has 0 spiro atoms. The van der Waals surface area contributed by atoms with Gasteiger partial charge < -0.3 is 5.32 Å². The van der Waals surface area contributed by atoms with Crippen LogP contribution in [0.5, 0.6) is 0 Å². The molecular formula is C12H15Br2NO. The van der Waals surface area contributed by atoms with Crippen LogP contribution < -0.4 is 5.32 Å². The molecular weight excluding hydrogens is 334 g/mol. The lowest BCUT2D eigenvalue weighted by Gasteiger charge is -2.15. The van der Waals surface area contributed by atoms with E-state index in [0.29, 0.717) is 0 Å². The number of halogens is 2. The number of rotatable bonds is 4. The van der Waals surface area contributed by atoms with E-state index < -0.39 is 0 Å². The van der Waals surface area contributed by atoms with Gasteiger partial charge in [-0.25, -0.2) is 0 Å². The summed E-state index contributed by atoms with van der Waals surface area (Å²) in [5.41, 5.74) is 1.72. The minimum Gasteiger partial charge on any atom is -0.348 e. The van der Waals surface area contributed by atoms with Gasteiger partial charge in [-0.1, -0.05) is 44.8 Å². The minimum absolute atomic E-state index is 0.00917. The number of carbonyl (C=O) groups is 1. The fourth-order valence-electron chi connectivity index (χ4n) is 1.35. The van der Waals surface area contributed by atoms with Crippen LogP contribution in [0.15, 0.2) is 22.7 Å². The summed E-state index contributed by atoms with van der Waals surface area (Å²) in [6.45, 7) is 4.00. The molecule has 0 aliphatic carbocycles. The second-order valence-corrected chi connectivity index (χ2v) is 5.26. The molecule has 1 unspecified atom stereocenters. The Morgan fingerprint density at radius 3 is 2.75 bits per heavy atom. The Hall–Kier alpha value is -0.350. The standard InChI is InChI=1S/C12H15Br2NO/c1-3-10(7-13)15-12(16)11-6-9(14)5-4-8(11)2/h4-6,10H,3,7H2,1-2H3,(H,15,16). The highest BCUT2D eigenvalue weighted by Crippen LogP contribution is 2.16. The van der Waals surface area contributed by atoms with Crippen LogP contribution in [0, 0.1) is 6.92 Å². The Kier molecular flexibility index (Phi) is 5.49. The summed E-state index contributed by atoms with van der Waals surface area (Å²) >= 11 is 6.76. The Morgan fingerprint density at radius 1 is 1.50 bits per heavy atom. The van der Waals surface area contributed by atoms with Crippen LogP contribution in [-0.2, 0) is 0 Å². The third-order valence-electron chi connectivity index (χ3n) is 2.46. The molecule has 1 N–H and O–H groups in total. The molecule has 0 fully saturated rings. The lowest BCUT2D eigenvalue weighted by molar-refractivity contribution is 0.0939. The third kappa shape index (κ3) is 3.59. The maximum absolute atomic E-state index is 12.0. The van der Waals surface area contributed by atoms with Gasteiger partial charge in [-0.05, 0) is 31.0 Å². The molecule has 0 aliphatic rings.